The van der Waals surface area contributed by atoms with Crippen LogP contribution in [0.3, 0.4) is 0 Å². The van der Waals surface area contributed by atoms with Crippen molar-refractivity contribution in [2.45, 2.75) is 6.92 Å². The Bertz CT molecular complexity index is 474. The molecule has 0 saturated carbocycles. The highest BCUT2D eigenvalue weighted by molar-refractivity contribution is 6.33. The van der Waals surface area contributed by atoms with E-state index >= 15 is 0 Å². The fraction of sp³-hybridized carbons (Fsp3) is 0.0769. The van der Waals surface area contributed by atoms with E-state index < -0.39 is 0 Å². The summed E-state index contributed by atoms with van der Waals surface area (Å²) in [6, 6.07) is 12.4. The second-order valence-electron chi connectivity index (χ2n) is 3.49. The molecule has 0 heterocycles. The predicted molar refractivity (Wildman–Crippen MR) is 61.6 cm³/mol. The molecule has 2 aromatic carbocycles. The van der Waals surface area contributed by atoms with Gasteiger partial charge in [0, 0.05) is 5.56 Å². The van der Waals surface area contributed by atoms with Crippen molar-refractivity contribution in [3.05, 3.63) is 58.9 Å². The van der Waals surface area contributed by atoms with Crippen molar-refractivity contribution in [1.29, 1.82) is 0 Å². The smallest absolute Gasteiger partial charge is 0.124 e. The van der Waals surface area contributed by atoms with Crippen LogP contribution in [0.4, 0.5) is 4.39 Å². The molecule has 0 aliphatic carbocycles. The molecule has 0 amide bonds. The maximum absolute atomic E-state index is 12.8. The van der Waals surface area contributed by atoms with Gasteiger partial charge in [0.15, 0.2) is 0 Å². The van der Waals surface area contributed by atoms with Gasteiger partial charge < -0.3 is 0 Å². The van der Waals surface area contributed by atoms with Crippen LogP contribution < -0.4 is 0 Å². The predicted octanol–water partition coefficient (Wildman–Crippen LogP) is 4.45. The van der Waals surface area contributed by atoms with E-state index in [1.807, 2.05) is 31.2 Å². The molecule has 0 aliphatic heterocycles. The monoisotopic (exact) mass is 220 g/mol. The van der Waals surface area contributed by atoms with Gasteiger partial charge in [0.2, 0.25) is 0 Å². The molecule has 0 aromatic heterocycles. The molecule has 0 nitrogen and oxygen atoms in total. The van der Waals surface area contributed by atoms with Crippen LogP contribution in [-0.4, -0.2) is 0 Å². The summed E-state index contributed by atoms with van der Waals surface area (Å²) in [5.41, 5.74) is 3.06. The van der Waals surface area contributed by atoms with Gasteiger partial charge >= 0.3 is 0 Å². The molecule has 2 aromatic rings. The van der Waals surface area contributed by atoms with Gasteiger partial charge in [-0.1, -0.05) is 41.4 Å². The van der Waals surface area contributed by atoms with Crippen molar-refractivity contribution in [2.24, 2.45) is 0 Å². The topological polar surface area (TPSA) is 0 Å². The zero-order valence-electron chi connectivity index (χ0n) is 8.30. The Kier molecular flexibility index (Phi) is 2.74. The highest BCUT2D eigenvalue weighted by atomic mass is 35.5. The largest absolute Gasteiger partial charge is 0.207 e. The lowest BCUT2D eigenvalue weighted by molar-refractivity contribution is 0.628. The Morgan fingerprint density at radius 2 is 1.67 bits per heavy atom. The molecule has 0 radical (unpaired) electrons. The van der Waals surface area contributed by atoms with E-state index in [2.05, 4.69) is 0 Å². The Morgan fingerprint density at radius 1 is 1.00 bits per heavy atom. The summed E-state index contributed by atoms with van der Waals surface area (Å²) < 4.78 is 12.8. The molecule has 0 bridgehead atoms. The Morgan fingerprint density at radius 3 is 2.27 bits per heavy atom. The van der Waals surface area contributed by atoms with E-state index in [4.69, 9.17) is 11.6 Å². The number of halogens is 2. The first-order valence-electron chi connectivity index (χ1n) is 4.69. The maximum Gasteiger partial charge on any atom is 0.124 e. The normalized spacial score (nSPS) is 10.3. The van der Waals surface area contributed by atoms with E-state index in [-0.39, 0.29) is 5.82 Å². The molecular weight excluding hydrogens is 211 g/mol. The first kappa shape index (κ1) is 10.2. The van der Waals surface area contributed by atoms with Gasteiger partial charge in [0.1, 0.15) is 5.82 Å². The third kappa shape index (κ3) is 2.18. The number of rotatable bonds is 1. The van der Waals surface area contributed by atoms with Gasteiger partial charge in [-0.05, 0) is 30.7 Å². The van der Waals surface area contributed by atoms with Gasteiger partial charge in [-0.2, -0.15) is 0 Å². The summed E-state index contributed by atoms with van der Waals surface area (Å²) in [6.07, 6.45) is 0. The number of aryl methyl sites for hydroxylation is 1. The van der Waals surface area contributed by atoms with Crippen LogP contribution in [0.15, 0.2) is 42.5 Å². The van der Waals surface area contributed by atoms with Crippen LogP contribution in [-0.2, 0) is 0 Å². The third-order valence-corrected chi connectivity index (χ3v) is 2.61. The Balaban J connectivity index is 2.49. The van der Waals surface area contributed by atoms with E-state index in [0.29, 0.717) is 5.02 Å². The molecular formula is C13H10ClF. The Labute approximate surface area is 93.3 Å². The summed E-state index contributed by atoms with van der Waals surface area (Å²) >= 11 is 5.96. The molecule has 0 saturated heterocycles. The average molecular weight is 221 g/mol. The van der Waals surface area contributed by atoms with Crippen molar-refractivity contribution in [3.63, 3.8) is 0 Å². The summed E-state index contributed by atoms with van der Waals surface area (Å²) in [4.78, 5) is 0. The number of benzene rings is 2. The fourth-order valence-electron chi connectivity index (χ4n) is 1.46. The molecule has 0 atom stereocenters. The third-order valence-electron chi connectivity index (χ3n) is 2.29. The molecule has 0 N–H and O–H groups in total. The highest BCUT2D eigenvalue weighted by Crippen LogP contribution is 2.28. The van der Waals surface area contributed by atoms with Gasteiger partial charge in [-0.25, -0.2) is 4.39 Å². The van der Waals surface area contributed by atoms with Crippen molar-refractivity contribution >= 4 is 11.6 Å². The van der Waals surface area contributed by atoms with Crippen LogP contribution in [0.5, 0.6) is 0 Å². The van der Waals surface area contributed by atoms with Gasteiger partial charge in [-0.15, -0.1) is 0 Å². The van der Waals surface area contributed by atoms with Gasteiger partial charge in [-0.3, -0.25) is 0 Å². The average Bonchev–Trinajstić information content (AvgIpc) is 2.20. The standard InChI is InChI=1S/C13H10ClF/c1-9-2-4-10(5-3-9)12-7-6-11(15)8-13(12)14/h2-8H,1H3. The van der Waals surface area contributed by atoms with Gasteiger partial charge in [0.25, 0.3) is 0 Å². The first-order valence-corrected chi connectivity index (χ1v) is 5.07. The van der Waals surface area contributed by atoms with Crippen LogP contribution in [0.25, 0.3) is 11.1 Å². The minimum atomic E-state index is -0.309. The lowest BCUT2D eigenvalue weighted by atomic mass is 10.0. The number of hydrogen-bond donors (Lipinski definition) is 0. The van der Waals surface area contributed by atoms with Gasteiger partial charge in [0.05, 0.1) is 5.02 Å². The maximum atomic E-state index is 12.8. The molecule has 15 heavy (non-hydrogen) atoms. The fourth-order valence-corrected chi connectivity index (χ4v) is 1.73. The van der Waals surface area contributed by atoms with Crippen molar-refractivity contribution in [2.75, 3.05) is 0 Å². The van der Waals surface area contributed by atoms with Crippen molar-refractivity contribution in [1.82, 2.24) is 0 Å². The molecule has 0 unspecified atom stereocenters. The molecule has 0 spiro atoms. The van der Waals surface area contributed by atoms with E-state index in [9.17, 15) is 4.39 Å². The zero-order valence-corrected chi connectivity index (χ0v) is 9.05. The summed E-state index contributed by atoms with van der Waals surface area (Å²) in [5.74, 6) is -0.309. The quantitative estimate of drug-likeness (QED) is 0.666. The SMILES string of the molecule is Cc1ccc(-c2ccc(F)cc2Cl)cc1. The second-order valence-corrected chi connectivity index (χ2v) is 3.90. The summed E-state index contributed by atoms with van der Waals surface area (Å²) in [6.45, 7) is 2.02. The second kappa shape index (κ2) is 4.03. The molecule has 0 fully saturated rings. The van der Waals surface area contributed by atoms with Crippen LogP contribution in [0.1, 0.15) is 5.56 Å². The number of hydrogen-bond acceptors (Lipinski definition) is 0. The van der Waals surface area contributed by atoms with Crippen LogP contribution in [0, 0.1) is 12.7 Å². The molecule has 2 rings (SSSR count). The minimum absolute atomic E-state index is 0.309. The lowest BCUT2D eigenvalue weighted by Crippen LogP contribution is -1.82. The molecule has 2 heteroatoms. The lowest BCUT2D eigenvalue weighted by Gasteiger charge is -2.04. The van der Waals surface area contributed by atoms with Crippen LogP contribution in [0.2, 0.25) is 5.02 Å². The summed E-state index contributed by atoms with van der Waals surface area (Å²) in [5, 5.41) is 0.443. The van der Waals surface area contributed by atoms with E-state index in [1.54, 1.807) is 6.07 Å². The van der Waals surface area contributed by atoms with Crippen LogP contribution >= 0.6 is 11.6 Å². The van der Waals surface area contributed by atoms with Crippen molar-refractivity contribution in [3.8, 4) is 11.1 Å². The molecule has 0 aliphatic rings. The van der Waals surface area contributed by atoms with E-state index in [1.165, 1.54) is 17.7 Å². The summed E-state index contributed by atoms with van der Waals surface area (Å²) in [7, 11) is 0. The van der Waals surface area contributed by atoms with Crippen molar-refractivity contribution < 1.29 is 4.39 Å². The minimum Gasteiger partial charge on any atom is -0.207 e. The first-order chi connectivity index (χ1) is 7.16. The highest BCUT2D eigenvalue weighted by Gasteiger charge is 2.03. The molecule has 76 valence electrons. The Hall–Kier alpha value is -1.34. The van der Waals surface area contributed by atoms with E-state index in [0.717, 1.165) is 11.1 Å². The zero-order chi connectivity index (χ0) is 10.8.